The van der Waals surface area contributed by atoms with Crippen LogP contribution in [0.4, 0.5) is 0 Å². The summed E-state index contributed by atoms with van der Waals surface area (Å²) in [4.78, 5) is 0. The molecule has 0 aromatic heterocycles. The van der Waals surface area contributed by atoms with E-state index in [0.717, 1.165) is 57.8 Å². The fourth-order valence-corrected chi connectivity index (χ4v) is 6.14. The summed E-state index contributed by atoms with van der Waals surface area (Å²) < 4.78 is 33.5. The van der Waals surface area contributed by atoms with Crippen molar-refractivity contribution in [1.29, 1.82) is 0 Å². The molecule has 0 aliphatic rings. The van der Waals surface area contributed by atoms with E-state index in [1.807, 2.05) is 41.5 Å². The minimum atomic E-state index is -3.84. The molecule has 0 fully saturated rings. The molecule has 4 nitrogen and oxygen atoms in total. The number of phosphoric acid groups is 1. The molecule has 32 heavy (non-hydrogen) atoms. The molecule has 3 unspecified atom stereocenters. The van der Waals surface area contributed by atoms with Gasteiger partial charge in [0.2, 0.25) is 0 Å². The largest absolute Gasteiger partial charge is 0.476 e. The van der Waals surface area contributed by atoms with Crippen molar-refractivity contribution in [2.45, 2.75) is 158 Å². The first-order chi connectivity index (χ1) is 14.6. The van der Waals surface area contributed by atoms with Gasteiger partial charge in [-0.15, -0.1) is 0 Å². The molecular formula is C27H57O4P. The molecule has 0 bridgehead atoms. The van der Waals surface area contributed by atoms with Crippen molar-refractivity contribution >= 4 is 7.82 Å². The Labute approximate surface area is 201 Å². The van der Waals surface area contributed by atoms with Crippen LogP contribution in [0.3, 0.4) is 0 Å². The Kier molecular flexibility index (Phi) is 13.9. The molecule has 0 saturated heterocycles. The average Bonchev–Trinajstić information content (AvgIpc) is 2.66. The summed E-state index contributed by atoms with van der Waals surface area (Å²) >= 11 is 0. The van der Waals surface area contributed by atoms with Crippen molar-refractivity contribution in [3.8, 4) is 0 Å². The molecule has 0 spiro atoms. The van der Waals surface area contributed by atoms with Gasteiger partial charge in [-0.05, 0) is 78.6 Å². The summed E-state index contributed by atoms with van der Waals surface area (Å²) in [6.07, 6.45) is 9.85. The number of unbranched alkanes of at least 4 members (excludes halogenated alkanes) is 3. The summed E-state index contributed by atoms with van der Waals surface area (Å²) in [5.41, 5.74) is -1.84. The number of hydrogen-bond donors (Lipinski definition) is 0. The van der Waals surface area contributed by atoms with E-state index in [9.17, 15) is 4.57 Å². The molecule has 0 saturated carbocycles. The molecular weight excluding hydrogens is 419 g/mol. The third kappa shape index (κ3) is 11.0. The molecule has 3 atom stereocenters. The Morgan fingerprint density at radius 1 is 0.562 bits per heavy atom. The van der Waals surface area contributed by atoms with Gasteiger partial charge in [-0.2, -0.15) is 0 Å². The first-order valence-corrected chi connectivity index (χ1v) is 14.7. The molecule has 0 aromatic carbocycles. The Morgan fingerprint density at radius 2 is 0.781 bits per heavy atom. The minimum Gasteiger partial charge on any atom is -0.280 e. The van der Waals surface area contributed by atoms with Crippen LogP contribution in [0.2, 0.25) is 0 Å². The highest BCUT2D eigenvalue weighted by Gasteiger charge is 2.47. The monoisotopic (exact) mass is 476 g/mol. The van der Waals surface area contributed by atoms with Gasteiger partial charge >= 0.3 is 7.82 Å². The van der Waals surface area contributed by atoms with E-state index in [-0.39, 0.29) is 17.8 Å². The summed E-state index contributed by atoms with van der Waals surface area (Å²) in [6.45, 7) is 25.2. The second kappa shape index (κ2) is 13.9. The number of rotatable bonds is 18. The van der Waals surface area contributed by atoms with Gasteiger partial charge in [0.15, 0.2) is 0 Å². The predicted octanol–water partition coefficient (Wildman–Crippen LogP) is 9.96. The van der Waals surface area contributed by atoms with Crippen molar-refractivity contribution in [3.63, 3.8) is 0 Å². The van der Waals surface area contributed by atoms with E-state index in [1.165, 1.54) is 0 Å². The maximum atomic E-state index is 14.3. The molecule has 0 radical (unpaired) electrons. The fraction of sp³-hybridized carbons (Fsp3) is 1.00. The fourth-order valence-electron chi connectivity index (χ4n) is 3.76. The quantitative estimate of drug-likeness (QED) is 0.185. The van der Waals surface area contributed by atoms with Gasteiger partial charge < -0.3 is 0 Å². The van der Waals surface area contributed by atoms with E-state index in [4.69, 9.17) is 13.6 Å². The van der Waals surface area contributed by atoms with Gasteiger partial charge in [0.05, 0.1) is 16.8 Å². The molecule has 0 aromatic rings. The molecule has 0 N–H and O–H groups in total. The Morgan fingerprint density at radius 3 is 0.969 bits per heavy atom. The van der Waals surface area contributed by atoms with Gasteiger partial charge in [-0.25, -0.2) is 4.57 Å². The smallest absolute Gasteiger partial charge is 0.280 e. The number of hydrogen-bond acceptors (Lipinski definition) is 4. The van der Waals surface area contributed by atoms with Crippen molar-refractivity contribution in [3.05, 3.63) is 0 Å². The van der Waals surface area contributed by atoms with Gasteiger partial charge in [0.25, 0.3) is 0 Å². The zero-order chi connectivity index (χ0) is 25.2. The lowest BCUT2D eigenvalue weighted by atomic mass is 9.88. The SMILES string of the molecule is CCCCC(C)C(C)(C)OP(=O)(OC(C)(C)C(C)CCCC)OC(C)(C)C(C)CCCC. The third-order valence-electron chi connectivity index (χ3n) is 7.57. The lowest BCUT2D eigenvalue weighted by Gasteiger charge is -2.42. The first kappa shape index (κ1) is 32.1. The van der Waals surface area contributed by atoms with Gasteiger partial charge in [0, 0.05) is 0 Å². The second-order valence-corrected chi connectivity index (χ2v) is 13.1. The highest BCUT2D eigenvalue weighted by Crippen LogP contribution is 2.61. The van der Waals surface area contributed by atoms with E-state index in [0.29, 0.717) is 0 Å². The molecule has 0 heterocycles. The molecule has 194 valence electrons. The Bertz CT molecular complexity index is 480. The lowest BCUT2D eigenvalue weighted by Crippen LogP contribution is -2.40. The van der Waals surface area contributed by atoms with E-state index < -0.39 is 24.6 Å². The van der Waals surface area contributed by atoms with Crippen LogP contribution in [0, 0.1) is 17.8 Å². The van der Waals surface area contributed by atoms with Crippen LogP contribution in [-0.4, -0.2) is 16.8 Å². The highest BCUT2D eigenvalue weighted by atomic mass is 31.2. The maximum Gasteiger partial charge on any atom is 0.476 e. The maximum absolute atomic E-state index is 14.3. The standard InChI is InChI=1S/C27H57O4P/c1-13-16-19-22(4)25(7,8)29-32(28,30-26(9,10)23(5)20-17-14-2)31-27(11,12)24(6)21-18-15-3/h22-24H,13-21H2,1-12H3. The molecule has 0 amide bonds. The summed E-state index contributed by atoms with van der Waals surface area (Å²) in [7, 11) is -3.84. The van der Waals surface area contributed by atoms with Crippen LogP contribution in [0.25, 0.3) is 0 Å². The Hall–Kier alpha value is 0.110. The van der Waals surface area contributed by atoms with Crippen molar-refractivity contribution in [1.82, 2.24) is 0 Å². The molecule has 0 aliphatic carbocycles. The second-order valence-electron chi connectivity index (χ2n) is 11.7. The van der Waals surface area contributed by atoms with Gasteiger partial charge in [0.1, 0.15) is 0 Å². The van der Waals surface area contributed by atoms with Crippen LogP contribution in [0.1, 0.15) is 141 Å². The van der Waals surface area contributed by atoms with Crippen molar-refractivity contribution < 1.29 is 18.1 Å². The van der Waals surface area contributed by atoms with Crippen LogP contribution >= 0.6 is 7.82 Å². The topological polar surface area (TPSA) is 44.8 Å². The zero-order valence-electron chi connectivity index (χ0n) is 23.7. The van der Waals surface area contributed by atoms with E-state index in [2.05, 4.69) is 41.5 Å². The van der Waals surface area contributed by atoms with Crippen molar-refractivity contribution in [2.24, 2.45) is 17.8 Å². The van der Waals surface area contributed by atoms with Gasteiger partial charge in [-0.3, -0.25) is 13.6 Å². The van der Waals surface area contributed by atoms with E-state index in [1.54, 1.807) is 0 Å². The average molecular weight is 477 g/mol. The van der Waals surface area contributed by atoms with Crippen molar-refractivity contribution in [2.75, 3.05) is 0 Å². The van der Waals surface area contributed by atoms with Gasteiger partial charge in [-0.1, -0.05) is 80.1 Å². The van der Waals surface area contributed by atoms with Crippen LogP contribution < -0.4 is 0 Å². The summed E-state index contributed by atoms with van der Waals surface area (Å²) in [6, 6.07) is 0. The number of phosphoric ester groups is 1. The normalized spacial score (nSPS) is 18.2. The highest BCUT2D eigenvalue weighted by molar-refractivity contribution is 7.48. The Balaban J connectivity index is 5.87. The van der Waals surface area contributed by atoms with Crippen LogP contribution in [0.5, 0.6) is 0 Å². The first-order valence-electron chi connectivity index (χ1n) is 13.3. The predicted molar refractivity (Wildman–Crippen MR) is 139 cm³/mol. The zero-order valence-corrected chi connectivity index (χ0v) is 24.6. The third-order valence-corrected chi connectivity index (χ3v) is 9.66. The molecule has 0 aliphatic heterocycles. The molecule has 5 heteroatoms. The minimum absolute atomic E-state index is 0.240. The van der Waals surface area contributed by atoms with Crippen LogP contribution in [0.15, 0.2) is 0 Å². The lowest BCUT2D eigenvalue weighted by molar-refractivity contribution is -0.0806. The summed E-state index contributed by atoms with van der Waals surface area (Å²) in [5, 5.41) is 0. The van der Waals surface area contributed by atoms with Crippen LogP contribution in [-0.2, 0) is 18.1 Å². The molecule has 0 rings (SSSR count). The summed E-state index contributed by atoms with van der Waals surface area (Å²) in [5.74, 6) is 0.720. The van der Waals surface area contributed by atoms with E-state index >= 15 is 0 Å².